The van der Waals surface area contributed by atoms with Crippen LogP contribution < -0.4 is 24.4 Å². The number of unbranched alkanes of at least 4 members (excludes halogenated alkanes) is 30. The number of hydrogen-bond acceptors (Lipinski definition) is 7. The molecule has 0 atom stereocenters. The second-order valence-electron chi connectivity index (χ2n) is 19.2. The first-order chi connectivity index (χ1) is 34.8. The van der Waals surface area contributed by atoms with Crippen LogP contribution in [0.1, 0.15) is 242 Å². The molecule has 22 heteroatoms. The van der Waals surface area contributed by atoms with Gasteiger partial charge in [-0.3, -0.25) is 0 Å². The quantitative estimate of drug-likeness (QED) is 0.0405. The van der Waals surface area contributed by atoms with Crippen molar-refractivity contribution in [2.24, 2.45) is 0 Å². The SMILES string of the molecule is CCCCCCCCCCCCCCCCCCN(C)CCCCCCCCCCCCCCCCCC.[O-]B(O)Oc1cc(C(F)(F)F)cc(C(F)(F)F)c1.[O-]B([O-])Oc1cc(C(F)(F)F)cc(C(F)(F)F)c1.[Ru+3]. The number of nitrogens with zero attached hydrogens (tertiary/aromatic N) is 1. The van der Waals surface area contributed by atoms with E-state index in [1.165, 1.54) is 219 Å². The van der Waals surface area contributed by atoms with E-state index in [1.807, 2.05) is 0 Å². The van der Waals surface area contributed by atoms with Crippen LogP contribution in [0, 0.1) is 0 Å². The first kappa shape index (κ1) is 74.8. The van der Waals surface area contributed by atoms with E-state index in [1.54, 1.807) is 0 Å². The molecule has 0 amide bonds. The molecule has 0 spiro atoms. The molecule has 1 radical (unpaired) electrons. The Morgan fingerprint density at radius 1 is 0.373 bits per heavy atom. The largest absolute Gasteiger partial charge is 3.00 e. The van der Waals surface area contributed by atoms with Crippen molar-refractivity contribution in [3.8, 4) is 11.5 Å². The zero-order valence-electron chi connectivity index (χ0n) is 44.5. The average molecular weight is 1180 g/mol. The zero-order valence-corrected chi connectivity index (χ0v) is 46.2. The smallest absolute Gasteiger partial charge is 0.860 e. The first-order valence-electron chi connectivity index (χ1n) is 27.1. The number of rotatable bonds is 38. The van der Waals surface area contributed by atoms with Gasteiger partial charge in [0, 0.05) is 0 Å². The van der Waals surface area contributed by atoms with E-state index in [0.29, 0.717) is 0 Å². The molecule has 0 saturated heterocycles. The summed E-state index contributed by atoms with van der Waals surface area (Å²) < 4.78 is 155. The van der Waals surface area contributed by atoms with Crippen molar-refractivity contribution in [2.75, 3.05) is 20.1 Å². The summed E-state index contributed by atoms with van der Waals surface area (Å²) in [5.41, 5.74) is -6.58. The van der Waals surface area contributed by atoms with Gasteiger partial charge in [-0.1, -0.05) is 206 Å². The van der Waals surface area contributed by atoms with E-state index in [-0.39, 0.29) is 55.9 Å². The summed E-state index contributed by atoms with van der Waals surface area (Å²) in [6.07, 6.45) is 26.6. The van der Waals surface area contributed by atoms with Gasteiger partial charge < -0.3 is 34.3 Å². The molecule has 0 heterocycles. The summed E-state index contributed by atoms with van der Waals surface area (Å²) in [6, 6.07) is 0.421. The fourth-order valence-electron chi connectivity index (χ4n) is 8.19. The molecule has 0 bridgehead atoms. The molecular formula is C53H84B2F12NO6Ru. The van der Waals surface area contributed by atoms with E-state index < -0.39 is 73.1 Å². The van der Waals surface area contributed by atoms with Crippen LogP contribution in [-0.4, -0.2) is 44.7 Å². The maximum absolute atomic E-state index is 12.3. The van der Waals surface area contributed by atoms with Gasteiger partial charge in [0.15, 0.2) is 0 Å². The van der Waals surface area contributed by atoms with Crippen molar-refractivity contribution in [3.63, 3.8) is 0 Å². The normalized spacial score (nSPS) is 11.9. The van der Waals surface area contributed by atoms with Crippen molar-refractivity contribution in [3.05, 3.63) is 58.7 Å². The number of hydrogen-bond donors (Lipinski definition) is 1. The number of benzene rings is 2. The van der Waals surface area contributed by atoms with Crippen LogP contribution in [-0.2, 0) is 44.2 Å². The summed E-state index contributed by atoms with van der Waals surface area (Å²) in [5.74, 6) is -2.09. The van der Waals surface area contributed by atoms with Crippen LogP contribution in [0.5, 0.6) is 11.5 Å². The van der Waals surface area contributed by atoms with Crippen molar-refractivity contribution < 1.29 is 102 Å². The number of alkyl halides is 12. The van der Waals surface area contributed by atoms with E-state index in [4.69, 9.17) is 5.02 Å². The minimum Gasteiger partial charge on any atom is -0.860 e. The van der Waals surface area contributed by atoms with Crippen LogP contribution in [0.4, 0.5) is 52.7 Å². The Labute approximate surface area is 453 Å². The molecule has 2 aromatic carbocycles. The third kappa shape index (κ3) is 43.3. The summed E-state index contributed by atoms with van der Waals surface area (Å²) in [7, 11) is -3.44. The van der Waals surface area contributed by atoms with Crippen LogP contribution in [0.3, 0.4) is 0 Å². The third-order valence-electron chi connectivity index (χ3n) is 12.4. The zero-order chi connectivity index (χ0) is 55.9. The summed E-state index contributed by atoms with van der Waals surface area (Å²) in [4.78, 5) is 2.59. The van der Waals surface area contributed by atoms with Gasteiger partial charge in [0.25, 0.3) is 0 Å². The van der Waals surface area contributed by atoms with Crippen molar-refractivity contribution in [2.45, 2.75) is 244 Å². The Balaban J connectivity index is 0. The molecule has 2 aromatic rings. The molecule has 75 heavy (non-hydrogen) atoms. The minimum absolute atomic E-state index is 0. The first-order valence-corrected chi connectivity index (χ1v) is 27.1. The molecule has 0 saturated carbocycles. The predicted molar refractivity (Wildman–Crippen MR) is 264 cm³/mol. The van der Waals surface area contributed by atoms with Crippen LogP contribution in [0.15, 0.2) is 36.4 Å². The van der Waals surface area contributed by atoms with E-state index in [0.717, 1.165) is 0 Å². The maximum Gasteiger partial charge on any atom is 3.00 e. The summed E-state index contributed by atoms with van der Waals surface area (Å²) >= 11 is 0. The standard InChI is InChI=1S/C37H77N.C8H4BF6O3.C8H3BF6O3.Ru/c1-4-6-8-10-12-14-16-18-20-22-24-26-28-30-32-34-36-38(3)37-35-33-31-29-27-25-23-21-19-17-15-13-11-9-7-5-2;2*10-7(11,12)4-1-5(8(13,14)15)3-6(2-4)18-9(16)17;/h4-37H2,1-3H3;1-3,16H;1-3H;/q;-1;-2;+3. The van der Waals surface area contributed by atoms with Gasteiger partial charge >= 0.3 is 51.5 Å². The van der Waals surface area contributed by atoms with Gasteiger partial charge in [-0.15, -0.1) is 0 Å². The molecule has 0 aromatic heterocycles. The van der Waals surface area contributed by atoms with Gasteiger partial charge in [0.1, 0.15) is 13.1 Å². The van der Waals surface area contributed by atoms with Crippen LogP contribution >= 0.6 is 0 Å². The third-order valence-corrected chi connectivity index (χ3v) is 12.4. The molecule has 435 valence electrons. The topological polar surface area (TPSA) is 111 Å². The van der Waals surface area contributed by atoms with Crippen molar-refractivity contribution in [1.82, 2.24) is 4.90 Å². The Kier molecular flexibility index (Phi) is 43.5. The predicted octanol–water partition coefficient (Wildman–Crippen LogP) is 15.7. The summed E-state index contributed by atoms with van der Waals surface area (Å²) in [5, 5.41) is 38.6. The minimum atomic E-state index is -5.05. The van der Waals surface area contributed by atoms with Gasteiger partial charge in [0.2, 0.25) is 0 Å². The molecule has 0 fully saturated rings. The Morgan fingerprint density at radius 3 is 0.760 bits per heavy atom. The van der Waals surface area contributed by atoms with E-state index in [2.05, 4.69) is 35.1 Å². The van der Waals surface area contributed by atoms with Crippen LogP contribution in [0.2, 0.25) is 0 Å². The van der Waals surface area contributed by atoms with Crippen molar-refractivity contribution in [1.29, 1.82) is 0 Å². The average Bonchev–Trinajstić information content (AvgIpc) is 3.30. The van der Waals surface area contributed by atoms with Gasteiger partial charge in [-0.2, -0.15) is 52.7 Å². The molecule has 0 aliphatic heterocycles. The Morgan fingerprint density at radius 2 is 0.573 bits per heavy atom. The molecule has 0 unspecified atom stereocenters. The van der Waals surface area contributed by atoms with Crippen molar-refractivity contribution >= 4 is 14.6 Å². The van der Waals surface area contributed by atoms with Gasteiger partial charge in [0.05, 0.1) is 28.0 Å². The Bertz CT molecular complexity index is 1480. The van der Waals surface area contributed by atoms with E-state index in [9.17, 15) is 67.8 Å². The molecule has 2 rings (SSSR count). The summed E-state index contributed by atoms with van der Waals surface area (Å²) in [6.45, 7) is 7.25. The molecule has 0 aliphatic rings. The second-order valence-corrected chi connectivity index (χ2v) is 19.2. The van der Waals surface area contributed by atoms with E-state index >= 15 is 0 Å². The number of halogens is 12. The van der Waals surface area contributed by atoms with Crippen LogP contribution in [0.25, 0.3) is 0 Å². The van der Waals surface area contributed by atoms with Gasteiger partial charge in [-0.25, -0.2) is 0 Å². The Hall–Kier alpha value is -2.25. The fourth-order valence-corrected chi connectivity index (χ4v) is 8.19. The molecule has 0 aliphatic carbocycles. The maximum atomic E-state index is 12.3. The monoisotopic (exact) mass is 1180 g/mol. The second kappa shape index (κ2) is 43.6. The van der Waals surface area contributed by atoms with Gasteiger partial charge in [-0.05, 0) is 69.4 Å². The fraction of sp³-hybridized carbons (Fsp3) is 0.774. The molecule has 1 N–H and O–H groups in total. The molecular weight excluding hydrogens is 1100 g/mol. The molecule has 7 nitrogen and oxygen atoms in total.